The van der Waals surface area contributed by atoms with E-state index in [0.29, 0.717) is 6.54 Å². The number of aryl methyl sites for hydroxylation is 1. The van der Waals surface area contributed by atoms with Gasteiger partial charge in [0.15, 0.2) is 0 Å². The highest BCUT2D eigenvalue weighted by molar-refractivity contribution is 5.77. The Morgan fingerprint density at radius 2 is 2.26 bits per heavy atom. The highest BCUT2D eigenvalue weighted by Gasteiger charge is 2.14. The summed E-state index contributed by atoms with van der Waals surface area (Å²) in [6.07, 6.45) is 2.17. The van der Waals surface area contributed by atoms with Crippen LogP contribution in [0.1, 0.15) is 24.2 Å². The number of nitrogens with one attached hydrogen (secondary N) is 2. The van der Waals surface area contributed by atoms with Gasteiger partial charge >= 0.3 is 0 Å². The van der Waals surface area contributed by atoms with Crippen molar-refractivity contribution in [2.75, 3.05) is 19.7 Å². The second kappa shape index (κ2) is 7.21. The largest absolute Gasteiger partial charge is 0.368 e. The molecule has 0 spiro atoms. The SMILES string of the molecule is Cc1cccc(CNC(=O)COC2CCNCC2)n1. The molecule has 2 N–H and O–H groups in total. The highest BCUT2D eigenvalue weighted by Crippen LogP contribution is 2.06. The number of nitrogens with zero attached hydrogens (tertiary/aromatic N) is 1. The van der Waals surface area contributed by atoms with Crippen molar-refractivity contribution in [2.45, 2.75) is 32.4 Å². The van der Waals surface area contributed by atoms with Crippen LogP contribution in [0.2, 0.25) is 0 Å². The van der Waals surface area contributed by atoms with Crippen LogP contribution in [-0.4, -0.2) is 36.7 Å². The molecule has 1 aliphatic heterocycles. The molecule has 0 aromatic carbocycles. The number of pyridine rings is 1. The Hall–Kier alpha value is -1.46. The fourth-order valence-corrected chi connectivity index (χ4v) is 2.09. The average Bonchev–Trinajstić information content (AvgIpc) is 2.44. The molecular weight excluding hydrogens is 242 g/mol. The zero-order valence-corrected chi connectivity index (χ0v) is 11.3. The van der Waals surface area contributed by atoms with Crippen LogP contribution >= 0.6 is 0 Å². The predicted molar refractivity (Wildman–Crippen MR) is 72.7 cm³/mol. The molecule has 1 aliphatic rings. The number of aromatic nitrogens is 1. The molecule has 0 radical (unpaired) electrons. The lowest BCUT2D eigenvalue weighted by Crippen LogP contribution is -2.35. The van der Waals surface area contributed by atoms with E-state index < -0.39 is 0 Å². The molecule has 0 unspecified atom stereocenters. The first-order valence-corrected chi connectivity index (χ1v) is 6.75. The van der Waals surface area contributed by atoms with Gasteiger partial charge in [-0.05, 0) is 45.0 Å². The Kier molecular flexibility index (Phi) is 5.30. The van der Waals surface area contributed by atoms with Crippen LogP contribution in [0.4, 0.5) is 0 Å². The predicted octanol–water partition coefficient (Wildman–Crippen LogP) is 0.775. The second-order valence-corrected chi connectivity index (χ2v) is 4.81. The quantitative estimate of drug-likeness (QED) is 0.824. The Morgan fingerprint density at radius 3 is 3.00 bits per heavy atom. The molecule has 1 saturated heterocycles. The molecule has 0 atom stereocenters. The summed E-state index contributed by atoms with van der Waals surface area (Å²) in [7, 11) is 0. The Morgan fingerprint density at radius 1 is 1.47 bits per heavy atom. The molecule has 1 aromatic rings. The third-order valence-corrected chi connectivity index (χ3v) is 3.15. The van der Waals surface area contributed by atoms with E-state index in [0.717, 1.165) is 37.3 Å². The maximum absolute atomic E-state index is 11.7. The zero-order valence-electron chi connectivity index (χ0n) is 11.3. The van der Waals surface area contributed by atoms with Gasteiger partial charge in [0.1, 0.15) is 6.61 Å². The molecule has 0 saturated carbocycles. The number of amides is 1. The van der Waals surface area contributed by atoms with Gasteiger partial charge in [0.05, 0.1) is 18.3 Å². The summed E-state index contributed by atoms with van der Waals surface area (Å²) >= 11 is 0. The summed E-state index contributed by atoms with van der Waals surface area (Å²) in [5.74, 6) is -0.0816. The van der Waals surface area contributed by atoms with Crippen molar-refractivity contribution >= 4 is 5.91 Å². The first-order valence-electron chi connectivity index (χ1n) is 6.75. The molecule has 5 nitrogen and oxygen atoms in total. The topological polar surface area (TPSA) is 63.2 Å². The Labute approximate surface area is 113 Å². The number of carbonyl (C=O) groups is 1. The zero-order chi connectivity index (χ0) is 13.5. The van der Waals surface area contributed by atoms with Crippen LogP contribution in [0.15, 0.2) is 18.2 Å². The molecule has 1 fully saturated rings. The summed E-state index contributed by atoms with van der Waals surface area (Å²) in [4.78, 5) is 16.0. The van der Waals surface area contributed by atoms with Crippen molar-refractivity contribution in [1.29, 1.82) is 0 Å². The van der Waals surface area contributed by atoms with Gasteiger partial charge in [-0.2, -0.15) is 0 Å². The Bertz CT molecular complexity index is 417. The van der Waals surface area contributed by atoms with Crippen molar-refractivity contribution in [1.82, 2.24) is 15.6 Å². The van der Waals surface area contributed by atoms with E-state index in [1.165, 1.54) is 0 Å². The third-order valence-electron chi connectivity index (χ3n) is 3.15. The van der Waals surface area contributed by atoms with Crippen molar-refractivity contribution < 1.29 is 9.53 Å². The van der Waals surface area contributed by atoms with E-state index in [4.69, 9.17) is 4.74 Å². The van der Waals surface area contributed by atoms with Gasteiger partial charge in [0.2, 0.25) is 5.91 Å². The number of ether oxygens (including phenoxy) is 1. The number of hydrogen-bond acceptors (Lipinski definition) is 4. The number of carbonyl (C=O) groups excluding carboxylic acids is 1. The van der Waals surface area contributed by atoms with Crippen LogP contribution in [0.5, 0.6) is 0 Å². The van der Waals surface area contributed by atoms with Gasteiger partial charge in [0.25, 0.3) is 0 Å². The minimum absolute atomic E-state index is 0.0816. The molecular formula is C14H21N3O2. The number of hydrogen-bond donors (Lipinski definition) is 2. The monoisotopic (exact) mass is 263 g/mol. The first kappa shape index (κ1) is 14.0. The van der Waals surface area contributed by atoms with Gasteiger partial charge in [-0.1, -0.05) is 6.07 Å². The number of piperidine rings is 1. The normalized spacial score (nSPS) is 16.3. The van der Waals surface area contributed by atoms with Gasteiger partial charge in [-0.25, -0.2) is 0 Å². The minimum atomic E-state index is -0.0816. The standard InChI is InChI=1S/C14H21N3O2/c1-11-3-2-4-12(17-11)9-16-14(18)10-19-13-5-7-15-8-6-13/h2-4,13,15H,5-10H2,1H3,(H,16,18). The summed E-state index contributed by atoms with van der Waals surface area (Å²) in [5.41, 5.74) is 1.83. The molecule has 104 valence electrons. The van der Waals surface area contributed by atoms with Gasteiger partial charge in [-0.15, -0.1) is 0 Å². The van der Waals surface area contributed by atoms with Crippen molar-refractivity contribution in [3.05, 3.63) is 29.6 Å². The average molecular weight is 263 g/mol. The lowest BCUT2D eigenvalue weighted by atomic mass is 10.1. The highest BCUT2D eigenvalue weighted by atomic mass is 16.5. The van der Waals surface area contributed by atoms with Gasteiger partial charge < -0.3 is 15.4 Å². The van der Waals surface area contributed by atoms with Crippen LogP contribution in [0, 0.1) is 6.92 Å². The lowest BCUT2D eigenvalue weighted by Gasteiger charge is -2.22. The van der Waals surface area contributed by atoms with Crippen molar-refractivity contribution in [3.63, 3.8) is 0 Å². The lowest BCUT2D eigenvalue weighted by molar-refractivity contribution is -0.128. The van der Waals surface area contributed by atoms with E-state index in [9.17, 15) is 4.79 Å². The second-order valence-electron chi connectivity index (χ2n) is 4.81. The van der Waals surface area contributed by atoms with Crippen molar-refractivity contribution in [3.8, 4) is 0 Å². The molecule has 0 aliphatic carbocycles. The fourth-order valence-electron chi connectivity index (χ4n) is 2.09. The molecule has 19 heavy (non-hydrogen) atoms. The van der Waals surface area contributed by atoms with Gasteiger partial charge in [-0.3, -0.25) is 9.78 Å². The summed E-state index contributed by atoms with van der Waals surface area (Å²) < 4.78 is 5.58. The summed E-state index contributed by atoms with van der Waals surface area (Å²) in [6, 6.07) is 5.78. The first-order chi connectivity index (χ1) is 9.24. The van der Waals surface area contributed by atoms with E-state index in [1.807, 2.05) is 25.1 Å². The van der Waals surface area contributed by atoms with E-state index >= 15 is 0 Å². The molecule has 1 amide bonds. The Balaban J connectivity index is 1.66. The molecule has 2 rings (SSSR count). The van der Waals surface area contributed by atoms with Crippen molar-refractivity contribution in [2.24, 2.45) is 0 Å². The van der Waals surface area contributed by atoms with Crippen LogP contribution in [-0.2, 0) is 16.1 Å². The maximum Gasteiger partial charge on any atom is 0.246 e. The van der Waals surface area contributed by atoms with E-state index in [-0.39, 0.29) is 18.6 Å². The summed E-state index contributed by atoms with van der Waals surface area (Å²) in [5, 5.41) is 6.09. The van der Waals surface area contributed by atoms with E-state index in [2.05, 4.69) is 15.6 Å². The smallest absolute Gasteiger partial charge is 0.246 e. The van der Waals surface area contributed by atoms with Gasteiger partial charge in [0, 0.05) is 5.69 Å². The maximum atomic E-state index is 11.7. The third kappa shape index (κ3) is 4.96. The molecule has 5 heteroatoms. The fraction of sp³-hybridized carbons (Fsp3) is 0.571. The van der Waals surface area contributed by atoms with Crippen LogP contribution in [0.25, 0.3) is 0 Å². The van der Waals surface area contributed by atoms with Crippen LogP contribution in [0.3, 0.4) is 0 Å². The summed E-state index contributed by atoms with van der Waals surface area (Å²) in [6.45, 7) is 4.47. The molecule has 2 heterocycles. The molecule has 1 aromatic heterocycles. The minimum Gasteiger partial charge on any atom is -0.368 e. The van der Waals surface area contributed by atoms with E-state index in [1.54, 1.807) is 0 Å². The van der Waals surface area contributed by atoms with Crippen LogP contribution < -0.4 is 10.6 Å². The number of rotatable bonds is 5. The molecule has 0 bridgehead atoms.